The van der Waals surface area contributed by atoms with Gasteiger partial charge in [-0.1, -0.05) is 30.9 Å². The van der Waals surface area contributed by atoms with Gasteiger partial charge >= 0.3 is 6.18 Å². The van der Waals surface area contributed by atoms with E-state index in [4.69, 9.17) is 17.3 Å². The van der Waals surface area contributed by atoms with E-state index in [1.165, 1.54) is 24.4 Å². The minimum atomic E-state index is -4.62. The Morgan fingerprint density at radius 3 is 2.43 bits per heavy atom. The second-order valence-corrected chi connectivity index (χ2v) is 12.9. The molecule has 46 heavy (non-hydrogen) atoms. The molecule has 3 fully saturated rings. The zero-order valence-electron chi connectivity index (χ0n) is 25.1. The zero-order valence-corrected chi connectivity index (χ0v) is 25.9. The predicted molar refractivity (Wildman–Crippen MR) is 163 cm³/mol. The highest BCUT2D eigenvalue weighted by atomic mass is 35.5. The maximum absolute atomic E-state index is 13.7. The SMILES string of the molecule is N[C@@H]1CC[C@H](C(=O)N2CCN(C(=O)c3ccc(NC(=O)c4ncc(Cc5c(C(F)(F)F)n[nH]c5CC5CCC5)[nH]4)cc3Cl)CC2)C1. The van der Waals surface area contributed by atoms with Crippen molar-refractivity contribution >= 4 is 35.0 Å². The Labute approximate surface area is 268 Å². The number of benzene rings is 1. The van der Waals surface area contributed by atoms with Gasteiger partial charge in [-0.05, 0) is 49.8 Å². The predicted octanol–water partition coefficient (Wildman–Crippen LogP) is 4.40. The highest BCUT2D eigenvalue weighted by Gasteiger charge is 2.39. The van der Waals surface area contributed by atoms with E-state index in [9.17, 15) is 27.6 Å². The molecular formula is C31H36ClF3N8O3. The highest BCUT2D eigenvalue weighted by molar-refractivity contribution is 6.34. The van der Waals surface area contributed by atoms with E-state index in [0.29, 0.717) is 62.0 Å². The van der Waals surface area contributed by atoms with Gasteiger partial charge in [0, 0.05) is 73.4 Å². The number of carbonyl (C=O) groups is 3. The van der Waals surface area contributed by atoms with Crippen LogP contribution >= 0.6 is 11.6 Å². The molecule has 1 aromatic carbocycles. The van der Waals surface area contributed by atoms with Crippen molar-refractivity contribution in [3.05, 3.63) is 63.5 Å². The van der Waals surface area contributed by atoms with Crippen molar-refractivity contribution in [3.63, 3.8) is 0 Å². The first kappa shape index (κ1) is 32.0. The number of aromatic amines is 2. The smallest absolute Gasteiger partial charge is 0.339 e. The van der Waals surface area contributed by atoms with Crippen LogP contribution in [0.3, 0.4) is 0 Å². The number of anilines is 1. The summed E-state index contributed by atoms with van der Waals surface area (Å²) in [5.41, 5.74) is 6.41. The molecule has 0 unspecified atom stereocenters. The first-order valence-corrected chi connectivity index (χ1v) is 16.0. The number of hydrogen-bond donors (Lipinski definition) is 4. The standard InChI is InChI=1S/C31H36ClF3N8O3/c32-24-15-20(6-7-22(24)30(46)43-10-8-42(9-11-43)29(45)18-4-5-19(36)13-18)39-28(44)27-37-16-21(38-27)14-23-25(12-17-2-1-3-17)40-41-26(23)31(33,34)35/h6-7,15-19H,1-5,8-14,36H2,(H,37,38)(H,39,44)(H,40,41)/t18-,19+/m0/s1. The average Bonchev–Trinajstić information content (AvgIpc) is 3.75. The van der Waals surface area contributed by atoms with Crippen molar-refractivity contribution in [2.24, 2.45) is 17.6 Å². The first-order chi connectivity index (χ1) is 22.0. The van der Waals surface area contributed by atoms with Gasteiger partial charge in [-0.2, -0.15) is 18.3 Å². The molecule has 2 aromatic heterocycles. The third-order valence-electron chi connectivity index (χ3n) is 9.31. The van der Waals surface area contributed by atoms with Crippen molar-refractivity contribution in [1.29, 1.82) is 0 Å². The Hall–Kier alpha value is -3.91. The molecule has 2 saturated carbocycles. The zero-order chi connectivity index (χ0) is 32.6. The molecule has 0 spiro atoms. The summed E-state index contributed by atoms with van der Waals surface area (Å²) in [5.74, 6) is -0.597. The molecule has 246 valence electrons. The fourth-order valence-corrected chi connectivity index (χ4v) is 6.75. The van der Waals surface area contributed by atoms with E-state index in [0.717, 1.165) is 32.1 Å². The maximum Gasteiger partial charge on any atom is 0.435 e. The summed E-state index contributed by atoms with van der Waals surface area (Å²) in [6.45, 7) is 1.63. The van der Waals surface area contributed by atoms with E-state index >= 15 is 0 Å². The van der Waals surface area contributed by atoms with Crippen LogP contribution in [0, 0.1) is 11.8 Å². The van der Waals surface area contributed by atoms with Crippen molar-refractivity contribution < 1.29 is 27.6 Å². The summed E-state index contributed by atoms with van der Waals surface area (Å²) < 4.78 is 41.0. The van der Waals surface area contributed by atoms with Gasteiger partial charge in [0.15, 0.2) is 11.5 Å². The number of carbonyl (C=O) groups excluding carboxylic acids is 3. The van der Waals surface area contributed by atoms with Gasteiger partial charge in [-0.15, -0.1) is 0 Å². The van der Waals surface area contributed by atoms with Crippen molar-refractivity contribution in [2.75, 3.05) is 31.5 Å². The monoisotopic (exact) mass is 660 g/mol. The number of H-pyrrole nitrogens is 2. The Kier molecular flexibility index (Phi) is 9.10. The number of nitrogens with one attached hydrogen (secondary N) is 3. The molecule has 0 bridgehead atoms. The van der Waals surface area contributed by atoms with Gasteiger partial charge < -0.3 is 25.8 Å². The molecule has 1 saturated heterocycles. The summed E-state index contributed by atoms with van der Waals surface area (Å²) in [6, 6.07) is 4.58. The number of aromatic nitrogens is 4. The van der Waals surface area contributed by atoms with Gasteiger partial charge in [0.1, 0.15) is 0 Å². The Balaban J connectivity index is 1.06. The lowest BCUT2D eigenvalue weighted by molar-refractivity contribution is -0.141. The third kappa shape index (κ3) is 6.92. The number of piperazine rings is 1. The van der Waals surface area contributed by atoms with Crippen LogP contribution in [0.25, 0.3) is 0 Å². The second kappa shape index (κ2) is 13.1. The number of amides is 3. The number of imidazole rings is 1. The summed E-state index contributed by atoms with van der Waals surface area (Å²) >= 11 is 6.45. The highest BCUT2D eigenvalue weighted by Crippen LogP contribution is 2.36. The molecule has 15 heteroatoms. The number of nitrogens with zero attached hydrogens (tertiary/aromatic N) is 4. The Morgan fingerprint density at radius 1 is 1.07 bits per heavy atom. The van der Waals surface area contributed by atoms with Crippen LogP contribution in [0.2, 0.25) is 5.02 Å². The quantitative estimate of drug-likeness (QED) is 0.281. The number of rotatable bonds is 8. The second-order valence-electron chi connectivity index (χ2n) is 12.5. The van der Waals surface area contributed by atoms with E-state index < -0.39 is 17.8 Å². The fraction of sp³-hybridized carbons (Fsp3) is 0.516. The molecule has 2 aliphatic carbocycles. The summed E-state index contributed by atoms with van der Waals surface area (Å²) in [4.78, 5) is 49.3. The molecule has 2 atom stereocenters. The molecule has 3 aromatic rings. The van der Waals surface area contributed by atoms with Crippen LogP contribution in [0.15, 0.2) is 24.4 Å². The molecule has 3 amide bonds. The van der Waals surface area contributed by atoms with E-state index in [1.807, 2.05) is 0 Å². The molecular weight excluding hydrogens is 625 g/mol. The molecule has 5 N–H and O–H groups in total. The molecule has 1 aliphatic heterocycles. The van der Waals surface area contributed by atoms with Gasteiger partial charge in [-0.3, -0.25) is 19.5 Å². The average molecular weight is 661 g/mol. The molecule has 6 rings (SSSR count). The van der Waals surface area contributed by atoms with Crippen molar-refractivity contribution in [1.82, 2.24) is 30.0 Å². The topological polar surface area (TPSA) is 153 Å². The van der Waals surface area contributed by atoms with Crippen LogP contribution in [0.5, 0.6) is 0 Å². The number of halogens is 4. The van der Waals surface area contributed by atoms with Crippen LogP contribution in [-0.2, 0) is 23.8 Å². The molecule has 11 nitrogen and oxygen atoms in total. The number of hydrogen-bond acceptors (Lipinski definition) is 6. The van der Waals surface area contributed by atoms with E-state index in [-0.39, 0.29) is 52.2 Å². The van der Waals surface area contributed by atoms with Crippen LogP contribution in [0.4, 0.5) is 18.9 Å². The summed E-state index contributed by atoms with van der Waals surface area (Å²) in [7, 11) is 0. The summed E-state index contributed by atoms with van der Waals surface area (Å²) in [5, 5.41) is 8.93. The third-order valence-corrected chi connectivity index (χ3v) is 9.62. The van der Waals surface area contributed by atoms with Crippen molar-refractivity contribution in [2.45, 2.75) is 63.6 Å². The number of nitrogens with two attached hydrogens (primary N) is 1. The van der Waals surface area contributed by atoms with E-state index in [2.05, 4.69) is 25.5 Å². The Morgan fingerprint density at radius 2 is 1.80 bits per heavy atom. The van der Waals surface area contributed by atoms with Gasteiger partial charge in [0.25, 0.3) is 11.8 Å². The van der Waals surface area contributed by atoms with Crippen LogP contribution < -0.4 is 11.1 Å². The lowest BCUT2D eigenvalue weighted by atomic mass is 9.81. The lowest BCUT2D eigenvalue weighted by Crippen LogP contribution is -2.51. The number of alkyl halides is 3. The molecule has 3 aliphatic rings. The van der Waals surface area contributed by atoms with Crippen LogP contribution in [0.1, 0.15) is 82.1 Å². The van der Waals surface area contributed by atoms with Gasteiger partial charge in [0.2, 0.25) is 5.91 Å². The van der Waals surface area contributed by atoms with Crippen molar-refractivity contribution in [3.8, 4) is 0 Å². The van der Waals surface area contributed by atoms with E-state index in [1.54, 1.807) is 9.80 Å². The minimum Gasteiger partial charge on any atom is -0.339 e. The maximum atomic E-state index is 13.7. The largest absolute Gasteiger partial charge is 0.435 e. The summed E-state index contributed by atoms with van der Waals surface area (Å²) in [6.07, 6.45) is 2.46. The van der Waals surface area contributed by atoms with Gasteiger partial charge in [0.05, 0.1) is 10.6 Å². The Bertz CT molecular complexity index is 1610. The lowest BCUT2D eigenvalue weighted by Gasteiger charge is -2.36. The normalized spacial score (nSPS) is 20.5. The fourth-order valence-electron chi connectivity index (χ4n) is 6.49. The van der Waals surface area contributed by atoms with Gasteiger partial charge in [-0.25, -0.2) is 4.98 Å². The molecule has 0 radical (unpaired) electrons. The van der Waals surface area contributed by atoms with Crippen LogP contribution in [-0.4, -0.2) is 79.9 Å². The molecule has 3 heterocycles. The minimum absolute atomic E-state index is 0.0460. The first-order valence-electron chi connectivity index (χ1n) is 15.6.